The molecule has 1 saturated heterocycles. The van der Waals surface area contributed by atoms with Crippen molar-refractivity contribution >= 4 is 23.6 Å². The molecule has 47 heavy (non-hydrogen) atoms. The molecule has 0 saturated carbocycles. The molecule has 0 spiro atoms. The van der Waals surface area contributed by atoms with Crippen LogP contribution < -0.4 is 0 Å². The lowest BCUT2D eigenvalue weighted by Gasteiger charge is -2.46. The summed E-state index contributed by atoms with van der Waals surface area (Å²) in [5, 5.41) is 0. The van der Waals surface area contributed by atoms with E-state index in [-0.39, 0.29) is 54.7 Å². The van der Waals surface area contributed by atoms with Crippen molar-refractivity contribution in [2.75, 3.05) is 13.2 Å². The van der Waals surface area contributed by atoms with E-state index in [1.807, 2.05) is 18.7 Å². The van der Waals surface area contributed by atoms with Gasteiger partial charge in [-0.2, -0.15) is 0 Å². The van der Waals surface area contributed by atoms with Gasteiger partial charge in [0, 0.05) is 44.2 Å². The molecule has 1 heterocycles. The highest BCUT2D eigenvalue weighted by Gasteiger charge is 2.35. The van der Waals surface area contributed by atoms with E-state index in [1.165, 1.54) is 77.0 Å². The van der Waals surface area contributed by atoms with Crippen molar-refractivity contribution in [3.63, 3.8) is 0 Å². The molecule has 7 nitrogen and oxygen atoms in total. The minimum absolute atomic E-state index is 0.0595. The number of carbonyl (C=O) groups excluding carboxylic acids is 4. The first-order valence-corrected chi connectivity index (χ1v) is 19.6. The first kappa shape index (κ1) is 47.2. The van der Waals surface area contributed by atoms with Crippen LogP contribution in [-0.2, 0) is 28.7 Å². The lowest BCUT2D eigenvalue weighted by Crippen LogP contribution is -2.56. The summed E-state index contributed by atoms with van der Waals surface area (Å²) in [6, 6.07) is 1.02. The number of amides is 1. The Morgan fingerprint density at radius 1 is 0.638 bits per heavy atom. The molecule has 7 heteroatoms. The molecule has 1 aliphatic heterocycles. The molecule has 0 aromatic rings. The zero-order chi connectivity index (χ0) is 35.9. The molecule has 3 unspecified atom stereocenters. The van der Waals surface area contributed by atoms with Gasteiger partial charge in [0.1, 0.15) is 5.78 Å². The van der Waals surface area contributed by atoms with Crippen LogP contribution in [0.3, 0.4) is 0 Å². The van der Waals surface area contributed by atoms with Gasteiger partial charge in [-0.3, -0.25) is 19.2 Å². The summed E-state index contributed by atoms with van der Waals surface area (Å²) in [4.78, 5) is 49.9. The largest absolute Gasteiger partial charge is 0.466 e. The normalized spacial score (nSPS) is 15.8. The fourth-order valence-corrected chi connectivity index (χ4v) is 5.78. The van der Waals surface area contributed by atoms with Gasteiger partial charge in [-0.25, -0.2) is 0 Å². The second-order valence-electron chi connectivity index (χ2n) is 13.7. The summed E-state index contributed by atoms with van der Waals surface area (Å²) in [5.74, 6) is -0.703. The van der Waals surface area contributed by atoms with Gasteiger partial charge in [0.25, 0.3) is 0 Å². The number of Topliss-reactive ketones (excluding diaryl/α,β-unsaturated/α-hetero) is 1. The predicted octanol–water partition coefficient (Wildman–Crippen LogP) is 10.8. The Kier molecular flexibility index (Phi) is 32.8. The number of hydrogen-bond donors (Lipinski definition) is 0. The molecular weight excluding hydrogens is 590 g/mol. The second kappa shape index (κ2) is 32.6. The first-order valence-electron chi connectivity index (χ1n) is 19.6. The van der Waals surface area contributed by atoms with Crippen molar-refractivity contribution in [2.45, 2.75) is 209 Å². The average molecular weight is 668 g/mol. The third kappa shape index (κ3) is 26.7. The van der Waals surface area contributed by atoms with Crippen LogP contribution in [0.2, 0.25) is 0 Å². The van der Waals surface area contributed by atoms with Crippen LogP contribution in [0.5, 0.6) is 0 Å². The van der Waals surface area contributed by atoms with Crippen molar-refractivity contribution in [1.82, 2.24) is 4.90 Å². The fourth-order valence-electron chi connectivity index (χ4n) is 5.78. The van der Waals surface area contributed by atoms with Crippen molar-refractivity contribution in [3.05, 3.63) is 0 Å². The SMILES string of the molecule is CCC1CC(C)N1C(C)=O.CCCCC.CCCCCCCCOC(=O)CC(CC(=O)OCCCCCCCC)CC(=O)C(C)CC. The molecule has 0 aromatic heterocycles. The van der Waals surface area contributed by atoms with Gasteiger partial charge in [0.15, 0.2) is 0 Å². The minimum Gasteiger partial charge on any atom is -0.466 e. The summed E-state index contributed by atoms with van der Waals surface area (Å²) in [5.41, 5.74) is 0. The number of nitrogens with zero attached hydrogens (tertiary/aromatic N) is 1. The third-order valence-corrected chi connectivity index (χ3v) is 9.11. The van der Waals surface area contributed by atoms with Crippen LogP contribution in [0.25, 0.3) is 0 Å². The summed E-state index contributed by atoms with van der Waals surface area (Å²) in [6.45, 7) is 19.4. The molecule has 1 fully saturated rings. The van der Waals surface area contributed by atoms with Gasteiger partial charge < -0.3 is 14.4 Å². The standard InChI is InChI=1S/C27H50O5.C8H15NO.C5H12/c1-5-8-10-12-14-16-18-31-26(29)21-24(20-25(28)23(4)7-3)22-27(30)32-19-17-15-13-11-9-6-2;1-4-8-5-6(2)9(8)7(3)10;1-3-5-4-2/h23-24H,5-22H2,1-4H3;6,8H,4-5H2,1-3H3;3-5H2,1-2H3. The second-order valence-corrected chi connectivity index (χ2v) is 13.7. The number of esters is 2. The molecule has 0 bridgehead atoms. The Balaban J connectivity index is 0. The third-order valence-electron chi connectivity index (χ3n) is 9.11. The monoisotopic (exact) mass is 668 g/mol. The maximum Gasteiger partial charge on any atom is 0.306 e. The Hall–Kier alpha value is -1.92. The smallest absolute Gasteiger partial charge is 0.306 e. The zero-order valence-electron chi connectivity index (χ0n) is 32.5. The molecule has 0 aliphatic carbocycles. The van der Waals surface area contributed by atoms with Gasteiger partial charge in [-0.1, -0.05) is 132 Å². The molecule has 0 N–H and O–H groups in total. The average Bonchev–Trinajstić information content (AvgIpc) is 3.02. The number of hydrogen-bond acceptors (Lipinski definition) is 6. The van der Waals surface area contributed by atoms with Gasteiger partial charge in [-0.05, 0) is 44.9 Å². The number of likely N-dealkylation sites (tertiary alicyclic amines) is 1. The molecule has 278 valence electrons. The predicted molar refractivity (Wildman–Crippen MR) is 196 cm³/mol. The van der Waals surface area contributed by atoms with E-state index in [2.05, 4.69) is 41.5 Å². The van der Waals surface area contributed by atoms with E-state index in [0.717, 1.165) is 38.5 Å². The number of ketones is 1. The highest BCUT2D eigenvalue weighted by Crippen LogP contribution is 2.27. The zero-order valence-corrected chi connectivity index (χ0v) is 32.5. The number of carbonyl (C=O) groups is 4. The lowest BCUT2D eigenvalue weighted by atomic mass is 9.90. The number of ether oxygens (including phenoxy) is 2. The molecule has 1 rings (SSSR count). The molecule has 0 aromatic carbocycles. The van der Waals surface area contributed by atoms with E-state index in [0.29, 0.717) is 25.3 Å². The van der Waals surface area contributed by atoms with Crippen molar-refractivity contribution in [2.24, 2.45) is 11.8 Å². The summed E-state index contributed by atoms with van der Waals surface area (Å²) < 4.78 is 10.7. The fraction of sp³-hybridized carbons (Fsp3) is 0.900. The van der Waals surface area contributed by atoms with Crippen molar-refractivity contribution < 1.29 is 28.7 Å². The molecule has 1 aliphatic rings. The van der Waals surface area contributed by atoms with Crippen LogP contribution in [0.1, 0.15) is 197 Å². The van der Waals surface area contributed by atoms with E-state index >= 15 is 0 Å². The van der Waals surface area contributed by atoms with Crippen LogP contribution in [-0.4, -0.2) is 53.8 Å². The van der Waals surface area contributed by atoms with E-state index in [9.17, 15) is 19.2 Å². The van der Waals surface area contributed by atoms with Gasteiger partial charge in [0.05, 0.1) is 13.2 Å². The Morgan fingerprint density at radius 3 is 1.38 bits per heavy atom. The van der Waals surface area contributed by atoms with Crippen molar-refractivity contribution in [3.8, 4) is 0 Å². The number of unbranched alkanes of at least 4 members (excludes halogenated alkanes) is 12. The highest BCUT2D eigenvalue weighted by molar-refractivity contribution is 5.82. The van der Waals surface area contributed by atoms with Crippen LogP contribution in [0.15, 0.2) is 0 Å². The summed E-state index contributed by atoms with van der Waals surface area (Å²) >= 11 is 0. The van der Waals surface area contributed by atoms with Gasteiger partial charge in [-0.15, -0.1) is 0 Å². The lowest BCUT2D eigenvalue weighted by molar-refractivity contribution is -0.148. The minimum atomic E-state index is -0.342. The van der Waals surface area contributed by atoms with E-state index in [4.69, 9.17) is 9.47 Å². The maximum absolute atomic E-state index is 12.4. The summed E-state index contributed by atoms with van der Waals surface area (Å²) in [7, 11) is 0. The van der Waals surface area contributed by atoms with Gasteiger partial charge in [0.2, 0.25) is 5.91 Å². The van der Waals surface area contributed by atoms with Gasteiger partial charge >= 0.3 is 11.9 Å². The summed E-state index contributed by atoms with van der Waals surface area (Å²) in [6.07, 6.45) is 21.1. The Labute approximate surface area is 291 Å². The molecule has 3 atom stereocenters. The quantitative estimate of drug-likeness (QED) is 0.0711. The molecular formula is C40H77NO6. The maximum atomic E-state index is 12.4. The molecule has 1 amide bonds. The van der Waals surface area contributed by atoms with E-state index in [1.54, 1.807) is 6.92 Å². The van der Waals surface area contributed by atoms with E-state index < -0.39 is 0 Å². The first-order chi connectivity index (χ1) is 22.5. The van der Waals surface area contributed by atoms with Crippen LogP contribution in [0.4, 0.5) is 0 Å². The Morgan fingerprint density at radius 2 is 1.06 bits per heavy atom. The number of rotatable bonds is 25. The van der Waals surface area contributed by atoms with Crippen LogP contribution >= 0.6 is 0 Å². The van der Waals surface area contributed by atoms with Crippen molar-refractivity contribution in [1.29, 1.82) is 0 Å². The van der Waals surface area contributed by atoms with Crippen LogP contribution in [0, 0.1) is 11.8 Å². The highest BCUT2D eigenvalue weighted by atomic mass is 16.5. The molecule has 0 radical (unpaired) electrons. The topological polar surface area (TPSA) is 90.0 Å². The Bertz CT molecular complexity index is 751.